The molecule has 1 aromatic carbocycles. The number of carbonyl (C=O) groups is 3. The second kappa shape index (κ2) is 8.00. The van der Waals surface area contributed by atoms with E-state index in [1.54, 1.807) is 30.0 Å². The van der Waals surface area contributed by atoms with Crippen molar-refractivity contribution in [1.29, 1.82) is 0 Å². The van der Waals surface area contributed by atoms with Crippen LogP contribution in [-0.4, -0.2) is 54.8 Å². The molecule has 2 rings (SSSR count). The van der Waals surface area contributed by atoms with Gasteiger partial charge in [0, 0.05) is 40.0 Å². The molecule has 25 heavy (non-hydrogen) atoms. The van der Waals surface area contributed by atoms with Crippen molar-refractivity contribution in [2.24, 2.45) is 5.92 Å². The molecule has 1 aliphatic rings. The topological polar surface area (TPSA) is 81.8 Å². The molecule has 1 saturated heterocycles. The number of urea groups is 1. The van der Waals surface area contributed by atoms with Crippen LogP contribution in [-0.2, 0) is 9.59 Å². The number of benzene rings is 1. The quantitative estimate of drug-likeness (QED) is 0.881. The van der Waals surface area contributed by atoms with E-state index in [1.165, 1.54) is 6.92 Å². The minimum atomic E-state index is -0.185. The smallest absolute Gasteiger partial charge is 0.319 e. The molecule has 0 saturated carbocycles. The Morgan fingerprint density at radius 2 is 1.72 bits per heavy atom. The molecule has 0 radical (unpaired) electrons. The summed E-state index contributed by atoms with van der Waals surface area (Å²) in [4.78, 5) is 39.2. The zero-order chi connectivity index (χ0) is 18.6. The Labute approximate surface area is 148 Å². The Balaban J connectivity index is 2.00. The molecular weight excluding hydrogens is 320 g/mol. The lowest BCUT2D eigenvalue weighted by Gasteiger charge is -2.33. The average molecular weight is 346 g/mol. The molecule has 4 amide bonds. The molecular formula is C18H26N4O3. The van der Waals surface area contributed by atoms with Crippen LogP contribution < -0.4 is 10.6 Å². The van der Waals surface area contributed by atoms with Gasteiger partial charge in [0.15, 0.2) is 0 Å². The van der Waals surface area contributed by atoms with Crippen molar-refractivity contribution in [2.75, 3.05) is 37.8 Å². The van der Waals surface area contributed by atoms with Gasteiger partial charge < -0.3 is 20.4 Å². The van der Waals surface area contributed by atoms with Gasteiger partial charge in [0.1, 0.15) is 0 Å². The van der Waals surface area contributed by atoms with Gasteiger partial charge in [-0.25, -0.2) is 4.79 Å². The Morgan fingerprint density at radius 1 is 1.08 bits per heavy atom. The predicted octanol–water partition coefficient (Wildman–Crippen LogP) is 2.29. The maximum absolute atomic E-state index is 12.6. The van der Waals surface area contributed by atoms with Crippen molar-refractivity contribution in [3.05, 3.63) is 23.8 Å². The first-order valence-corrected chi connectivity index (χ1v) is 8.43. The highest BCUT2D eigenvalue weighted by molar-refractivity contribution is 5.99. The summed E-state index contributed by atoms with van der Waals surface area (Å²) in [6.07, 6.45) is 1.26. The summed E-state index contributed by atoms with van der Waals surface area (Å²) in [5.41, 5.74) is 2.19. The Kier molecular flexibility index (Phi) is 6.01. The van der Waals surface area contributed by atoms with Gasteiger partial charge >= 0.3 is 6.03 Å². The lowest BCUT2D eigenvalue weighted by atomic mass is 9.96. The first-order chi connectivity index (χ1) is 11.8. The fraction of sp³-hybridized carbons (Fsp3) is 0.500. The van der Waals surface area contributed by atoms with Crippen LogP contribution in [0.1, 0.15) is 25.3 Å². The van der Waals surface area contributed by atoms with Crippen molar-refractivity contribution in [1.82, 2.24) is 9.80 Å². The number of hydrogen-bond acceptors (Lipinski definition) is 3. The van der Waals surface area contributed by atoms with Crippen molar-refractivity contribution in [3.63, 3.8) is 0 Å². The largest absolute Gasteiger partial charge is 0.331 e. The summed E-state index contributed by atoms with van der Waals surface area (Å²) < 4.78 is 0. The minimum absolute atomic E-state index is 0.0227. The summed E-state index contributed by atoms with van der Waals surface area (Å²) in [6.45, 7) is 4.50. The van der Waals surface area contributed by atoms with Gasteiger partial charge in [0.2, 0.25) is 11.8 Å². The van der Waals surface area contributed by atoms with E-state index in [2.05, 4.69) is 10.6 Å². The number of rotatable bonds is 3. The SMILES string of the molecule is CC(=O)Nc1ccc(C)cc1NC(=O)C1CCN(C(=O)N(C)C)CC1. The lowest BCUT2D eigenvalue weighted by molar-refractivity contribution is -0.121. The van der Waals surface area contributed by atoms with Crippen molar-refractivity contribution in [3.8, 4) is 0 Å². The molecule has 7 heteroatoms. The Hall–Kier alpha value is -2.57. The van der Waals surface area contributed by atoms with Gasteiger partial charge in [-0.1, -0.05) is 6.07 Å². The monoisotopic (exact) mass is 346 g/mol. The summed E-state index contributed by atoms with van der Waals surface area (Å²) in [5, 5.41) is 5.66. The minimum Gasteiger partial charge on any atom is -0.331 e. The molecule has 0 bridgehead atoms. The number of piperidine rings is 1. The van der Waals surface area contributed by atoms with E-state index >= 15 is 0 Å². The summed E-state index contributed by atoms with van der Waals surface area (Å²) in [5.74, 6) is -0.402. The van der Waals surface area contributed by atoms with E-state index in [0.717, 1.165) is 5.56 Å². The van der Waals surface area contributed by atoms with Crippen LogP contribution in [0.4, 0.5) is 16.2 Å². The molecule has 7 nitrogen and oxygen atoms in total. The van der Waals surface area contributed by atoms with Gasteiger partial charge in [-0.2, -0.15) is 0 Å². The van der Waals surface area contributed by atoms with E-state index < -0.39 is 0 Å². The van der Waals surface area contributed by atoms with Crippen LogP contribution in [0, 0.1) is 12.8 Å². The number of anilines is 2. The molecule has 1 aromatic rings. The van der Waals surface area contributed by atoms with Gasteiger partial charge in [-0.05, 0) is 37.5 Å². The third-order valence-electron chi connectivity index (χ3n) is 4.26. The molecule has 0 spiro atoms. The van der Waals surface area contributed by atoms with E-state index in [9.17, 15) is 14.4 Å². The fourth-order valence-electron chi connectivity index (χ4n) is 2.91. The molecule has 1 aliphatic heterocycles. The number of nitrogens with one attached hydrogen (secondary N) is 2. The van der Waals surface area contributed by atoms with Gasteiger partial charge in [0.25, 0.3) is 0 Å². The van der Waals surface area contributed by atoms with Crippen LogP contribution in [0.5, 0.6) is 0 Å². The maximum Gasteiger partial charge on any atom is 0.319 e. The zero-order valence-corrected chi connectivity index (χ0v) is 15.3. The van der Waals surface area contributed by atoms with Crippen LogP contribution in [0.15, 0.2) is 18.2 Å². The van der Waals surface area contributed by atoms with E-state index in [0.29, 0.717) is 37.3 Å². The van der Waals surface area contributed by atoms with Crippen LogP contribution >= 0.6 is 0 Å². The predicted molar refractivity (Wildman–Crippen MR) is 97.5 cm³/mol. The van der Waals surface area contributed by atoms with Crippen LogP contribution in [0.2, 0.25) is 0 Å². The highest BCUT2D eigenvalue weighted by atomic mass is 16.2. The van der Waals surface area contributed by atoms with Gasteiger partial charge in [-0.3, -0.25) is 9.59 Å². The molecule has 2 N–H and O–H groups in total. The highest BCUT2D eigenvalue weighted by Crippen LogP contribution is 2.26. The van der Waals surface area contributed by atoms with Crippen LogP contribution in [0.25, 0.3) is 0 Å². The third kappa shape index (κ3) is 4.95. The average Bonchev–Trinajstić information content (AvgIpc) is 2.56. The zero-order valence-electron chi connectivity index (χ0n) is 15.3. The standard InChI is InChI=1S/C18H26N4O3/c1-12-5-6-15(19-13(2)23)16(11-12)20-17(24)14-7-9-22(10-8-14)18(25)21(3)4/h5-6,11,14H,7-10H2,1-4H3,(H,19,23)(H,20,24). The van der Waals surface area contributed by atoms with Crippen molar-refractivity contribution >= 4 is 29.2 Å². The molecule has 0 atom stereocenters. The van der Waals surface area contributed by atoms with E-state index in [1.807, 2.05) is 19.1 Å². The molecule has 1 heterocycles. The van der Waals surface area contributed by atoms with E-state index in [4.69, 9.17) is 0 Å². The molecule has 0 aromatic heterocycles. The summed E-state index contributed by atoms with van der Waals surface area (Å²) in [6, 6.07) is 5.48. The van der Waals surface area contributed by atoms with Gasteiger partial charge in [0.05, 0.1) is 11.4 Å². The number of amides is 4. The second-order valence-electron chi connectivity index (χ2n) is 6.66. The first-order valence-electron chi connectivity index (χ1n) is 8.43. The molecule has 136 valence electrons. The number of hydrogen-bond donors (Lipinski definition) is 2. The highest BCUT2D eigenvalue weighted by Gasteiger charge is 2.28. The third-order valence-corrected chi connectivity index (χ3v) is 4.26. The number of carbonyl (C=O) groups excluding carboxylic acids is 3. The van der Waals surface area contributed by atoms with Crippen LogP contribution in [0.3, 0.4) is 0 Å². The molecule has 0 aliphatic carbocycles. The summed E-state index contributed by atoms with van der Waals surface area (Å²) in [7, 11) is 3.45. The van der Waals surface area contributed by atoms with Crippen molar-refractivity contribution in [2.45, 2.75) is 26.7 Å². The van der Waals surface area contributed by atoms with Gasteiger partial charge in [-0.15, -0.1) is 0 Å². The number of nitrogens with zero attached hydrogens (tertiary/aromatic N) is 2. The molecule has 0 unspecified atom stereocenters. The fourth-order valence-corrected chi connectivity index (χ4v) is 2.91. The number of likely N-dealkylation sites (tertiary alicyclic amines) is 1. The Morgan fingerprint density at radius 3 is 2.28 bits per heavy atom. The maximum atomic E-state index is 12.6. The first kappa shape index (κ1) is 18.8. The van der Waals surface area contributed by atoms with Crippen molar-refractivity contribution < 1.29 is 14.4 Å². The number of aryl methyl sites for hydroxylation is 1. The Bertz CT molecular complexity index is 664. The second-order valence-corrected chi connectivity index (χ2v) is 6.66. The normalized spacial score (nSPS) is 14.8. The van der Waals surface area contributed by atoms with E-state index in [-0.39, 0.29) is 23.8 Å². The summed E-state index contributed by atoms with van der Waals surface area (Å²) >= 11 is 0. The lowest BCUT2D eigenvalue weighted by Crippen LogP contribution is -2.45. The molecule has 1 fully saturated rings.